The average Bonchev–Trinajstić information content (AvgIpc) is 2.41. The van der Waals surface area contributed by atoms with Crippen LogP contribution in [0.3, 0.4) is 0 Å². The first-order valence-electron chi connectivity index (χ1n) is 6.39. The summed E-state index contributed by atoms with van der Waals surface area (Å²) in [5.41, 5.74) is 0.381. The van der Waals surface area contributed by atoms with Gasteiger partial charge in [0, 0.05) is 13.1 Å². The smallest absolute Gasteiger partial charge is 0.490 e. The molecule has 0 aromatic heterocycles. The molecule has 0 bridgehead atoms. The van der Waals surface area contributed by atoms with Crippen LogP contribution in [0.4, 0.5) is 0 Å². The molecule has 0 amide bonds. The van der Waals surface area contributed by atoms with Crippen LogP contribution in [0.1, 0.15) is 24.2 Å². The van der Waals surface area contributed by atoms with Crippen LogP contribution in [0.25, 0.3) is 0 Å². The van der Waals surface area contributed by atoms with Gasteiger partial charge in [-0.05, 0) is 19.1 Å². The van der Waals surface area contributed by atoms with Crippen molar-refractivity contribution in [3.8, 4) is 5.75 Å². The fourth-order valence-corrected chi connectivity index (χ4v) is 2.43. The van der Waals surface area contributed by atoms with Gasteiger partial charge in [0.2, 0.25) is 0 Å². The standard InChI is InChI=1S/C13H19NO6S.Na/c1-3-14(21(17,18)19)8-11(16)9-20-13-7-5-4-6-12(13)10(2)15;/h4-7,11,16H,3,8-9H2,1-2H3,(H,17,18,19);/q;+1. The molecule has 0 fully saturated rings. The van der Waals surface area contributed by atoms with Gasteiger partial charge < -0.3 is 9.84 Å². The molecule has 1 aromatic rings. The summed E-state index contributed by atoms with van der Waals surface area (Å²) < 4.78 is 37.0. The molecule has 1 unspecified atom stereocenters. The first kappa shape index (κ1) is 21.5. The van der Waals surface area contributed by atoms with Crippen molar-refractivity contribution in [2.75, 3.05) is 19.7 Å². The van der Waals surface area contributed by atoms with Gasteiger partial charge in [-0.2, -0.15) is 12.7 Å². The summed E-state index contributed by atoms with van der Waals surface area (Å²) in [5.74, 6) is 0.146. The Bertz CT molecular complexity index is 592. The number of aliphatic hydroxyl groups is 1. The Morgan fingerprint density at radius 1 is 1.36 bits per heavy atom. The van der Waals surface area contributed by atoms with E-state index in [4.69, 9.17) is 9.29 Å². The van der Waals surface area contributed by atoms with E-state index >= 15 is 0 Å². The number of hydrogen-bond acceptors (Lipinski definition) is 5. The van der Waals surface area contributed by atoms with E-state index in [2.05, 4.69) is 0 Å². The first-order valence-corrected chi connectivity index (χ1v) is 7.78. The van der Waals surface area contributed by atoms with Crippen molar-refractivity contribution in [1.82, 2.24) is 4.31 Å². The molecule has 1 atom stereocenters. The monoisotopic (exact) mass is 340 g/mol. The maximum atomic E-state index is 11.4. The minimum absolute atomic E-state index is 0. The van der Waals surface area contributed by atoms with Gasteiger partial charge in [0.05, 0.1) is 5.56 Å². The summed E-state index contributed by atoms with van der Waals surface area (Å²) in [6.07, 6.45) is -1.13. The summed E-state index contributed by atoms with van der Waals surface area (Å²) >= 11 is 0. The van der Waals surface area contributed by atoms with Crippen molar-refractivity contribution in [3.63, 3.8) is 0 Å². The van der Waals surface area contributed by atoms with Gasteiger partial charge in [-0.15, -0.1) is 0 Å². The molecule has 0 radical (unpaired) electrons. The van der Waals surface area contributed by atoms with Crippen LogP contribution in [-0.4, -0.2) is 54.0 Å². The van der Waals surface area contributed by atoms with Crippen LogP contribution >= 0.6 is 0 Å². The van der Waals surface area contributed by atoms with E-state index in [1.165, 1.54) is 13.8 Å². The van der Waals surface area contributed by atoms with E-state index < -0.39 is 16.4 Å². The van der Waals surface area contributed by atoms with Crippen LogP contribution in [0.5, 0.6) is 5.75 Å². The van der Waals surface area contributed by atoms with E-state index in [-0.39, 0.29) is 55.0 Å². The molecule has 22 heavy (non-hydrogen) atoms. The van der Waals surface area contributed by atoms with Crippen molar-refractivity contribution in [2.24, 2.45) is 0 Å². The molecule has 0 aliphatic heterocycles. The Hall–Kier alpha value is -0.480. The topological polar surface area (TPSA) is 104 Å². The molecule has 0 saturated carbocycles. The van der Waals surface area contributed by atoms with Gasteiger partial charge in [0.1, 0.15) is 18.5 Å². The second-order valence-corrected chi connectivity index (χ2v) is 5.86. The molecule has 1 rings (SSSR count). The van der Waals surface area contributed by atoms with Gasteiger partial charge in [-0.3, -0.25) is 9.35 Å². The number of aliphatic hydroxyl groups excluding tert-OH is 1. The minimum Gasteiger partial charge on any atom is -0.490 e. The summed E-state index contributed by atoms with van der Waals surface area (Å²) in [6, 6.07) is 6.56. The number of ether oxygens (including phenoxy) is 1. The van der Waals surface area contributed by atoms with Crippen LogP contribution in [0.2, 0.25) is 0 Å². The van der Waals surface area contributed by atoms with Crippen LogP contribution < -0.4 is 34.3 Å². The molecule has 0 saturated heterocycles. The molecule has 7 nitrogen and oxygen atoms in total. The molecule has 1 aromatic carbocycles. The van der Waals surface area contributed by atoms with Crippen molar-refractivity contribution in [3.05, 3.63) is 29.8 Å². The van der Waals surface area contributed by atoms with Gasteiger partial charge in [-0.25, -0.2) is 0 Å². The number of benzene rings is 1. The van der Waals surface area contributed by atoms with Gasteiger partial charge >= 0.3 is 39.9 Å². The third-order valence-electron chi connectivity index (χ3n) is 2.79. The Kier molecular flexibility index (Phi) is 9.40. The molecular formula is C13H19NNaO6S+. The molecule has 9 heteroatoms. The Balaban J connectivity index is 0.00000441. The van der Waals surface area contributed by atoms with E-state index in [1.807, 2.05) is 0 Å². The van der Waals surface area contributed by atoms with Crippen LogP contribution in [-0.2, 0) is 10.3 Å². The number of carbonyl (C=O) groups excluding carboxylic acids is 1. The van der Waals surface area contributed by atoms with Crippen molar-refractivity contribution < 1.29 is 57.2 Å². The number of likely N-dealkylation sites (N-methyl/N-ethyl adjacent to an activating group) is 1. The zero-order valence-electron chi connectivity index (χ0n) is 12.9. The number of rotatable bonds is 8. The zero-order valence-corrected chi connectivity index (χ0v) is 15.7. The maximum Gasteiger partial charge on any atom is 1.00 e. The second-order valence-electron chi connectivity index (χ2n) is 4.45. The predicted octanol–water partition coefficient (Wildman–Crippen LogP) is -2.24. The summed E-state index contributed by atoms with van der Waals surface area (Å²) in [4.78, 5) is 11.4. The van der Waals surface area contributed by atoms with E-state index in [9.17, 15) is 18.3 Å². The Morgan fingerprint density at radius 3 is 2.45 bits per heavy atom. The molecule has 0 aliphatic rings. The number of Topliss-reactive ketones (excluding diaryl/α,β-unsaturated/α-hetero) is 1. The maximum absolute atomic E-state index is 11.4. The Labute approximate surface area is 152 Å². The molecule has 2 N–H and O–H groups in total. The second kappa shape index (κ2) is 9.61. The summed E-state index contributed by atoms with van der Waals surface area (Å²) in [6.45, 7) is 2.47. The molecular weight excluding hydrogens is 321 g/mol. The fourth-order valence-electron chi connectivity index (χ4n) is 1.74. The number of para-hydroxylation sites is 1. The van der Waals surface area contributed by atoms with Crippen molar-refractivity contribution in [2.45, 2.75) is 20.0 Å². The van der Waals surface area contributed by atoms with E-state index in [0.29, 0.717) is 11.3 Å². The third kappa shape index (κ3) is 6.74. The summed E-state index contributed by atoms with van der Waals surface area (Å²) in [5, 5.41) is 9.78. The minimum atomic E-state index is -4.35. The molecule has 0 spiro atoms. The van der Waals surface area contributed by atoms with Gasteiger partial charge in [0.15, 0.2) is 5.78 Å². The normalized spacial score (nSPS) is 12.6. The van der Waals surface area contributed by atoms with Crippen LogP contribution in [0, 0.1) is 0 Å². The SMILES string of the molecule is CCN(CC(O)COc1ccccc1C(C)=O)S(=O)(=O)O.[Na+]. The summed E-state index contributed by atoms with van der Waals surface area (Å²) in [7, 11) is -4.35. The first-order chi connectivity index (χ1) is 9.75. The number of carbonyl (C=O) groups is 1. The quantitative estimate of drug-likeness (QED) is 0.315. The predicted molar refractivity (Wildman–Crippen MR) is 76.7 cm³/mol. The van der Waals surface area contributed by atoms with Crippen LogP contribution in [0.15, 0.2) is 24.3 Å². The average molecular weight is 340 g/mol. The largest absolute Gasteiger partial charge is 1.00 e. The number of hydrogen-bond donors (Lipinski definition) is 2. The molecule has 0 heterocycles. The van der Waals surface area contributed by atoms with Crippen molar-refractivity contribution in [1.29, 1.82) is 0 Å². The van der Waals surface area contributed by atoms with Gasteiger partial charge in [0.25, 0.3) is 0 Å². The zero-order chi connectivity index (χ0) is 16.0. The number of ketones is 1. The van der Waals surface area contributed by atoms with Gasteiger partial charge in [-0.1, -0.05) is 19.1 Å². The van der Waals surface area contributed by atoms with E-state index in [0.717, 1.165) is 4.31 Å². The molecule has 118 valence electrons. The fraction of sp³-hybridized carbons (Fsp3) is 0.462. The van der Waals surface area contributed by atoms with Crippen molar-refractivity contribution >= 4 is 16.1 Å². The van der Waals surface area contributed by atoms with E-state index in [1.54, 1.807) is 24.3 Å². The Morgan fingerprint density at radius 2 is 1.95 bits per heavy atom. The number of nitrogens with zero attached hydrogens (tertiary/aromatic N) is 1. The third-order valence-corrected chi connectivity index (χ3v) is 3.85. The molecule has 0 aliphatic carbocycles.